The molecule has 0 saturated heterocycles. The van der Waals surface area contributed by atoms with E-state index in [0.29, 0.717) is 6.04 Å². The number of allylic oxidation sites excluding steroid dienone is 1. The van der Waals surface area contributed by atoms with Crippen molar-refractivity contribution in [1.82, 2.24) is 5.32 Å². The fraction of sp³-hybridized carbons (Fsp3) is 0.579. The molecule has 2 nitrogen and oxygen atoms in total. The van der Waals surface area contributed by atoms with Crippen molar-refractivity contribution in [2.75, 3.05) is 13.2 Å². The van der Waals surface area contributed by atoms with E-state index in [2.05, 4.69) is 36.5 Å². The van der Waals surface area contributed by atoms with Gasteiger partial charge in [0.2, 0.25) is 0 Å². The molecule has 1 heterocycles. The quantitative estimate of drug-likeness (QED) is 0.774. The molecule has 1 atom stereocenters. The molecule has 1 aliphatic carbocycles. The van der Waals surface area contributed by atoms with E-state index in [-0.39, 0.29) is 0 Å². The zero-order valence-corrected chi connectivity index (χ0v) is 13.2. The van der Waals surface area contributed by atoms with E-state index in [1.807, 2.05) is 0 Å². The molecule has 0 aromatic heterocycles. The predicted molar refractivity (Wildman–Crippen MR) is 87.8 cm³/mol. The molecule has 21 heavy (non-hydrogen) atoms. The van der Waals surface area contributed by atoms with Gasteiger partial charge < -0.3 is 10.1 Å². The zero-order chi connectivity index (χ0) is 14.5. The van der Waals surface area contributed by atoms with Crippen molar-refractivity contribution in [3.05, 3.63) is 41.0 Å². The highest BCUT2D eigenvalue weighted by Crippen LogP contribution is 2.37. The van der Waals surface area contributed by atoms with Gasteiger partial charge >= 0.3 is 0 Å². The van der Waals surface area contributed by atoms with Gasteiger partial charge in [0.15, 0.2) is 0 Å². The number of nitrogens with one attached hydrogen (secondary N) is 1. The van der Waals surface area contributed by atoms with Gasteiger partial charge in [0.25, 0.3) is 0 Å². The third-order valence-corrected chi connectivity index (χ3v) is 4.61. The summed E-state index contributed by atoms with van der Waals surface area (Å²) in [5, 5.41) is 3.74. The fourth-order valence-electron chi connectivity index (χ4n) is 3.48. The Kier molecular flexibility index (Phi) is 4.97. The van der Waals surface area contributed by atoms with Crippen LogP contribution in [0.15, 0.2) is 29.8 Å². The zero-order valence-electron chi connectivity index (χ0n) is 13.2. The van der Waals surface area contributed by atoms with E-state index >= 15 is 0 Å². The van der Waals surface area contributed by atoms with E-state index in [0.717, 1.165) is 31.7 Å². The lowest BCUT2D eigenvalue weighted by atomic mass is 9.90. The third kappa shape index (κ3) is 3.49. The van der Waals surface area contributed by atoms with Gasteiger partial charge in [0.1, 0.15) is 5.75 Å². The Morgan fingerprint density at radius 3 is 3.00 bits per heavy atom. The van der Waals surface area contributed by atoms with Crippen molar-refractivity contribution in [2.24, 2.45) is 0 Å². The minimum Gasteiger partial charge on any atom is -0.493 e. The fourth-order valence-corrected chi connectivity index (χ4v) is 3.48. The summed E-state index contributed by atoms with van der Waals surface area (Å²) in [6, 6.07) is 7.06. The number of hydrogen-bond donors (Lipinski definition) is 1. The minimum atomic E-state index is 0.405. The summed E-state index contributed by atoms with van der Waals surface area (Å²) in [5.41, 5.74) is 4.38. The monoisotopic (exact) mass is 285 g/mol. The molecule has 1 aromatic rings. The van der Waals surface area contributed by atoms with Gasteiger partial charge in [0, 0.05) is 18.0 Å². The van der Waals surface area contributed by atoms with Crippen LogP contribution in [0.1, 0.15) is 62.6 Å². The topological polar surface area (TPSA) is 21.3 Å². The summed E-state index contributed by atoms with van der Waals surface area (Å²) >= 11 is 0. The van der Waals surface area contributed by atoms with Gasteiger partial charge in [0.05, 0.1) is 6.61 Å². The van der Waals surface area contributed by atoms with E-state index in [1.54, 1.807) is 5.57 Å². The Morgan fingerprint density at radius 2 is 2.19 bits per heavy atom. The molecule has 1 aliphatic heterocycles. The van der Waals surface area contributed by atoms with E-state index < -0.39 is 0 Å². The molecule has 0 fully saturated rings. The Morgan fingerprint density at radius 1 is 1.24 bits per heavy atom. The number of fused-ring (bicyclic) bond motifs is 1. The van der Waals surface area contributed by atoms with E-state index in [1.165, 1.54) is 43.2 Å². The summed E-state index contributed by atoms with van der Waals surface area (Å²) in [7, 11) is 0. The van der Waals surface area contributed by atoms with Gasteiger partial charge in [-0.3, -0.25) is 0 Å². The molecular formula is C19H27NO. The lowest BCUT2D eigenvalue weighted by Gasteiger charge is -2.24. The molecule has 0 saturated carbocycles. The first-order valence-electron chi connectivity index (χ1n) is 8.54. The molecule has 3 rings (SSSR count). The van der Waals surface area contributed by atoms with Crippen molar-refractivity contribution >= 4 is 0 Å². The first kappa shape index (κ1) is 14.6. The Balaban J connectivity index is 1.81. The van der Waals surface area contributed by atoms with Crippen molar-refractivity contribution in [1.29, 1.82) is 0 Å². The van der Waals surface area contributed by atoms with Crippen molar-refractivity contribution in [2.45, 2.75) is 57.9 Å². The van der Waals surface area contributed by atoms with Crippen molar-refractivity contribution < 1.29 is 4.74 Å². The minimum absolute atomic E-state index is 0.405. The number of benzene rings is 1. The van der Waals surface area contributed by atoms with E-state index in [9.17, 15) is 0 Å². The lowest BCUT2D eigenvalue weighted by Crippen LogP contribution is -2.23. The van der Waals surface area contributed by atoms with Crippen molar-refractivity contribution in [3.8, 4) is 5.75 Å². The van der Waals surface area contributed by atoms with Gasteiger partial charge in [-0.25, -0.2) is 0 Å². The van der Waals surface area contributed by atoms with Gasteiger partial charge in [-0.2, -0.15) is 0 Å². The summed E-state index contributed by atoms with van der Waals surface area (Å²) in [6.45, 7) is 4.15. The number of rotatable bonds is 6. The summed E-state index contributed by atoms with van der Waals surface area (Å²) < 4.78 is 5.92. The first-order valence-corrected chi connectivity index (χ1v) is 8.54. The Hall–Kier alpha value is -1.28. The molecule has 114 valence electrons. The van der Waals surface area contributed by atoms with Crippen molar-refractivity contribution in [3.63, 3.8) is 0 Å². The molecule has 1 N–H and O–H groups in total. The van der Waals surface area contributed by atoms with Crippen LogP contribution >= 0.6 is 0 Å². The molecule has 2 aliphatic rings. The normalized spacial score (nSPS) is 18.8. The molecule has 1 unspecified atom stereocenters. The van der Waals surface area contributed by atoms with Crippen LogP contribution in [0.5, 0.6) is 5.75 Å². The summed E-state index contributed by atoms with van der Waals surface area (Å²) in [4.78, 5) is 0. The second kappa shape index (κ2) is 7.13. The Bertz CT molecular complexity index is 506. The smallest absolute Gasteiger partial charge is 0.127 e. The molecular weight excluding hydrogens is 258 g/mol. The third-order valence-electron chi connectivity index (χ3n) is 4.61. The highest BCUT2D eigenvalue weighted by molar-refractivity contribution is 5.46. The maximum absolute atomic E-state index is 5.92. The van der Waals surface area contributed by atoms with Crippen LogP contribution in [-0.4, -0.2) is 13.2 Å². The van der Waals surface area contributed by atoms with Crippen LogP contribution in [0.3, 0.4) is 0 Å². The second-order valence-electron chi connectivity index (χ2n) is 6.25. The molecule has 0 bridgehead atoms. The van der Waals surface area contributed by atoms with Gasteiger partial charge in [-0.15, -0.1) is 0 Å². The SMILES string of the molecule is CCCNC(CC1=CCCCC1)c1cccc2c1OCC2. The van der Waals surface area contributed by atoms with Gasteiger partial charge in [-0.1, -0.05) is 36.8 Å². The highest BCUT2D eigenvalue weighted by atomic mass is 16.5. The average molecular weight is 285 g/mol. The summed E-state index contributed by atoms with van der Waals surface area (Å²) in [5.74, 6) is 1.16. The average Bonchev–Trinajstić information content (AvgIpc) is 3.01. The number of para-hydroxylation sites is 1. The standard InChI is InChI=1S/C19H27NO/c1-2-12-20-18(14-15-7-4-3-5-8-15)17-10-6-9-16-11-13-21-19(16)17/h6-7,9-10,18,20H,2-5,8,11-14H2,1H3. The molecule has 0 amide bonds. The second-order valence-corrected chi connectivity index (χ2v) is 6.25. The number of hydrogen-bond acceptors (Lipinski definition) is 2. The summed E-state index contributed by atoms with van der Waals surface area (Å²) in [6.07, 6.45) is 11.1. The molecule has 0 spiro atoms. The first-order chi connectivity index (χ1) is 10.4. The predicted octanol–water partition coefficient (Wildman–Crippen LogP) is 4.55. The van der Waals surface area contributed by atoms with Crippen LogP contribution in [0.25, 0.3) is 0 Å². The lowest BCUT2D eigenvalue weighted by molar-refractivity contribution is 0.347. The van der Waals surface area contributed by atoms with Crippen LogP contribution in [-0.2, 0) is 6.42 Å². The van der Waals surface area contributed by atoms with Crippen LogP contribution in [0.2, 0.25) is 0 Å². The molecule has 0 radical (unpaired) electrons. The largest absolute Gasteiger partial charge is 0.493 e. The van der Waals surface area contributed by atoms with Crippen LogP contribution < -0.4 is 10.1 Å². The van der Waals surface area contributed by atoms with E-state index in [4.69, 9.17) is 4.74 Å². The number of ether oxygens (including phenoxy) is 1. The highest BCUT2D eigenvalue weighted by Gasteiger charge is 2.22. The maximum Gasteiger partial charge on any atom is 0.127 e. The maximum atomic E-state index is 5.92. The van der Waals surface area contributed by atoms with Crippen LogP contribution in [0, 0.1) is 0 Å². The Labute approximate surface area is 128 Å². The van der Waals surface area contributed by atoms with Crippen LogP contribution in [0.4, 0.5) is 0 Å². The molecule has 1 aromatic carbocycles. The van der Waals surface area contributed by atoms with Gasteiger partial charge in [-0.05, 0) is 50.6 Å². The molecule has 2 heteroatoms.